The van der Waals surface area contributed by atoms with Gasteiger partial charge >= 0.3 is 6.18 Å². The average molecular weight is 308 g/mol. The fourth-order valence-electron chi connectivity index (χ4n) is 2.38. The van der Waals surface area contributed by atoms with E-state index in [9.17, 15) is 13.2 Å². The molecule has 0 aromatic carbocycles. The Labute approximate surface area is 121 Å². The van der Waals surface area contributed by atoms with E-state index in [4.69, 9.17) is 11.6 Å². The van der Waals surface area contributed by atoms with Gasteiger partial charge in [-0.2, -0.15) is 13.2 Å². The lowest BCUT2D eigenvalue weighted by molar-refractivity contribution is -0.179. The maximum absolute atomic E-state index is 12.6. The van der Waals surface area contributed by atoms with Crippen molar-refractivity contribution in [2.45, 2.75) is 25.6 Å². The van der Waals surface area contributed by atoms with Crippen molar-refractivity contribution in [1.29, 1.82) is 0 Å². The van der Waals surface area contributed by atoms with Gasteiger partial charge in [-0.05, 0) is 32.0 Å². The Kier molecular flexibility index (Phi) is 4.75. The molecule has 0 unspecified atom stereocenters. The van der Waals surface area contributed by atoms with Gasteiger partial charge in [0.2, 0.25) is 0 Å². The van der Waals surface area contributed by atoms with E-state index in [1.165, 1.54) is 0 Å². The van der Waals surface area contributed by atoms with E-state index in [0.29, 0.717) is 36.2 Å². The highest BCUT2D eigenvalue weighted by atomic mass is 35.5. The molecule has 2 rings (SSSR count). The molecule has 1 saturated heterocycles. The first kappa shape index (κ1) is 15.4. The molecule has 2 heterocycles. The Hall–Kier alpha value is -1.01. The van der Waals surface area contributed by atoms with Gasteiger partial charge in [-0.15, -0.1) is 0 Å². The summed E-state index contributed by atoms with van der Waals surface area (Å²) in [5.41, 5.74) is 0.713. The number of alkyl halides is 3. The van der Waals surface area contributed by atoms with Gasteiger partial charge in [0.25, 0.3) is 0 Å². The van der Waals surface area contributed by atoms with Crippen molar-refractivity contribution in [2.24, 2.45) is 5.92 Å². The highest BCUT2D eigenvalue weighted by molar-refractivity contribution is 6.31. The number of nitrogens with zero attached hydrogens (tertiary/aromatic N) is 2. The molecule has 3 nitrogen and oxygen atoms in total. The minimum absolute atomic E-state index is 0.120. The van der Waals surface area contributed by atoms with Gasteiger partial charge in [0, 0.05) is 19.6 Å². The van der Waals surface area contributed by atoms with Gasteiger partial charge in [0.1, 0.15) is 5.82 Å². The third kappa shape index (κ3) is 3.55. The first-order valence-corrected chi connectivity index (χ1v) is 6.91. The van der Waals surface area contributed by atoms with E-state index in [2.05, 4.69) is 10.3 Å². The molecule has 0 radical (unpaired) electrons. The van der Waals surface area contributed by atoms with E-state index < -0.39 is 12.1 Å². The second kappa shape index (κ2) is 6.18. The smallest absolute Gasteiger partial charge is 0.357 e. The minimum atomic E-state index is -4.09. The third-order valence-corrected chi connectivity index (χ3v) is 3.87. The monoisotopic (exact) mass is 307 g/mol. The van der Waals surface area contributed by atoms with Gasteiger partial charge in [-0.25, -0.2) is 4.98 Å². The minimum Gasteiger partial charge on any atom is -0.357 e. The van der Waals surface area contributed by atoms with E-state index >= 15 is 0 Å². The first-order chi connectivity index (χ1) is 9.41. The Bertz CT molecular complexity index is 457. The lowest BCUT2D eigenvalue weighted by atomic mass is 9.96. The fourth-order valence-corrected chi connectivity index (χ4v) is 2.55. The van der Waals surface area contributed by atoms with Crippen LogP contribution in [0.25, 0.3) is 0 Å². The zero-order valence-corrected chi connectivity index (χ0v) is 11.9. The normalized spacial score (nSPS) is 17.6. The third-order valence-electron chi connectivity index (χ3n) is 3.53. The topological polar surface area (TPSA) is 28.2 Å². The van der Waals surface area contributed by atoms with Crippen LogP contribution in [-0.4, -0.2) is 31.3 Å². The van der Waals surface area contributed by atoms with Gasteiger partial charge < -0.3 is 10.2 Å². The number of piperidine rings is 1. The highest BCUT2D eigenvalue weighted by Gasteiger charge is 2.41. The van der Waals surface area contributed by atoms with Gasteiger partial charge in [0.15, 0.2) is 0 Å². The number of rotatable bonds is 3. The summed E-state index contributed by atoms with van der Waals surface area (Å²) >= 11 is 6.03. The molecule has 7 heteroatoms. The van der Waals surface area contributed by atoms with Crippen LogP contribution in [0.15, 0.2) is 12.1 Å². The van der Waals surface area contributed by atoms with E-state index in [1.54, 1.807) is 19.2 Å². The zero-order valence-electron chi connectivity index (χ0n) is 11.2. The second-order valence-corrected chi connectivity index (χ2v) is 5.34. The van der Waals surface area contributed by atoms with Gasteiger partial charge in [-0.3, -0.25) is 0 Å². The van der Waals surface area contributed by atoms with Crippen LogP contribution in [0.2, 0.25) is 5.02 Å². The number of aromatic nitrogens is 1. The second-order valence-electron chi connectivity index (χ2n) is 4.93. The summed E-state index contributed by atoms with van der Waals surface area (Å²) in [6.07, 6.45) is -3.85. The zero-order chi connectivity index (χ0) is 14.8. The molecule has 0 amide bonds. The standard InChI is InChI=1S/C13H17ClF3N3/c1-18-8-11-10(14)2-3-12(19-11)20-6-4-9(5-7-20)13(15,16)17/h2-3,9,18H,4-8H2,1H3. The van der Waals surface area contributed by atoms with Crippen molar-refractivity contribution in [3.63, 3.8) is 0 Å². The molecule has 20 heavy (non-hydrogen) atoms. The predicted molar refractivity (Wildman–Crippen MR) is 73.0 cm³/mol. The van der Waals surface area contributed by atoms with Crippen LogP contribution in [0.4, 0.5) is 19.0 Å². The summed E-state index contributed by atoms with van der Waals surface area (Å²) in [6.45, 7) is 1.28. The molecule has 112 valence electrons. The molecule has 0 spiro atoms. The fraction of sp³-hybridized carbons (Fsp3) is 0.615. The summed E-state index contributed by atoms with van der Waals surface area (Å²) in [7, 11) is 1.79. The van der Waals surface area contributed by atoms with Crippen LogP contribution in [-0.2, 0) is 6.54 Å². The van der Waals surface area contributed by atoms with Crippen molar-refractivity contribution in [3.05, 3.63) is 22.8 Å². The number of hydrogen-bond acceptors (Lipinski definition) is 3. The summed E-state index contributed by atoms with van der Waals surface area (Å²) in [5.74, 6) is -0.497. The Morgan fingerprint density at radius 3 is 2.55 bits per heavy atom. The molecule has 1 N–H and O–H groups in total. The number of pyridine rings is 1. The SMILES string of the molecule is CNCc1nc(N2CCC(C(F)(F)F)CC2)ccc1Cl. The van der Waals surface area contributed by atoms with Crippen molar-refractivity contribution in [3.8, 4) is 0 Å². The molecule has 0 aliphatic carbocycles. The summed E-state index contributed by atoms with van der Waals surface area (Å²) in [4.78, 5) is 6.31. The summed E-state index contributed by atoms with van der Waals surface area (Å²) < 4.78 is 37.9. The largest absolute Gasteiger partial charge is 0.391 e. The van der Waals surface area contributed by atoms with Crippen LogP contribution in [0, 0.1) is 5.92 Å². The molecular weight excluding hydrogens is 291 g/mol. The molecule has 1 aliphatic rings. The number of nitrogens with one attached hydrogen (secondary N) is 1. The predicted octanol–water partition coefficient (Wildman–Crippen LogP) is 3.23. The van der Waals surface area contributed by atoms with Crippen LogP contribution >= 0.6 is 11.6 Å². The van der Waals surface area contributed by atoms with Crippen molar-refractivity contribution in [1.82, 2.24) is 10.3 Å². The molecule has 0 bridgehead atoms. The lowest BCUT2D eigenvalue weighted by Crippen LogP contribution is -2.39. The molecule has 1 aromatic heterocycles. The lowest BCUT2D eigenvalue weighted by Gasteiger charge is -2.33. The van der Waals surface area contributed by atoms with Crippen LogP contribution in [0.1, 0.15) is 18.5 Å². The van der Waals surface area contributed by atoms with E-state index in [-0.39, 0.29) is 12.8 Å². The highest BCUT2D eigenvalue weighted by Crippen LogP contribution is 2.35. The maximum Gasteiger partial charge on any atom is 0.391 e. The maximum atomic E-state index is 12.6. The number of halogens is 4. The van der Waals surface area contributed by atoms with Crippen molar-refractivity contribution in [2.75, 3.05) is 25.0 Å². The quantitative estimate of drug-likeness (QED) is 0.929. The summed E-state index contributed by atoms with van der Waals surface area (Å²) in [5, 5.41) is 3.53. The summed E-state index contributed by atoms with van der Waals surface area (Å²) in [6, 6.07) is 3.50. The van der Waals surface area contributed by atoms with Gasteiger partial charge in [-0.1, -0.05) is 11.6 Å². The Morgan fingerprint density at radius 1 is 1.35 bits per heavy atom. The molecule has 1 aromatic rings. The first-order valence-electron chi connectivity index (χ1n) is 6.53. The van der Waals surface area contributed by atoms with Crippen LogP contribution < -0.4 is 10.2 Å². The van der Waals surface area contributed by atoms with Gasteiger partial charge in [0.05, 0.1) is 16.6 Å². The van der Waals surface area contributed by atoms with E-state index in [0.717, 1.165) is 0 Å². The molecule has 0 atom stereocenters. The molecule has 1 fully saturated rings. The molecule has 1 aliphatic heterocycles. The molecular formula is C13H17ClF3N3. The van der Waals surface area contributed by atoms with Crippen LogP contribution in [0.3, 0.4) is 0 Å². The van der Waals surface area contributed by atoms with E-state index in [1.807, 2.05) is 4.90 Å². The average Bonchev–Trinajstić information content (AvgIpc) is 2.41. The molecule has 0 saturated carbocycles. The number of hydrogen-bond donors (Lipinski definition) is 1. The van der Waals surface area contributed by atoms with Crippen molar-refractivity contribution < 1.29 is 13.2 Å². The Morgan fingerprint density at radius 2 is 2.00 bits per heavy atom. The Balaban J connectivity index is 2.05. The number of anilines is 1. The van der Waals surface area contributed by atoms with Crippen LogP contribution in [0.5, 0.6) is 0 Å². The van der Waals surface area contributed by atoms with Crippen molar-refractivity contribution >= 4 is 17.4 Å².